The number of hydrogen-bond donors (Lipinski definition) is 1. The van der Waals surface area contributed by atoms with E-state index in [1.165, 1.54) is 0 Å². The number of nitrogens with two attached hydrogens (primary N) is 1. The van der Waals surface area contributed by atoms with Crippen LogP contribution in [0.15, 0.2) is 36.1 Å². The zero-order valence-electron chi connectivity index (χ0n) is 8.67. The molecule has 70 valence electrons. The zero-order valence-corrected chi connectivity index (χ0v) is 8.67. The van der Waals surface area contributed by atoms with Gasteiger partial charge < -0.3 is 5.73 Å². The van der Waals surface area contributed by atoms with Crippen LogP contribution in [0.3, 0.4) is 0 Å². The molecule has 0 aromatic carbocycles. The van der Waals surface area contributed by atoms with Gasteiger partial charge in [-0.2, -0.15) is 0 Å². The van der Waals surface area contributed by atoms with E-state index in [0.717, 1.165) is 12.1 Å². The summed E-state index contributed by atoms with van der Waals surface area (Å²) in [6, 6.07) is 0. The van der Waals surface area contributed by atoms with Gasteiger partial charge in [-0.25, -0.2) is 0 Å². The lowest BCUT2D eigenvalue weighted by Gasteiger charge is -1.85. The lowest BCUT2D eigenvalue weighted by Crippen LogP contribution is -1.90. The van der Waals surface area contributed by atoms with Gasteiger partial charge in [-0.15, -0.1) is 0 Å². The Morgan fingerprint density at radius 1 is 1.33 bits per heavy atom. The summed E-state index contributed by atoms with van der Waals surface area (Å²) in [5, 5.41) is 0. The maximum Gasteiger partial charge on any atom is 0.0310 e. The Morgan fingerprint density at radius 2 is 1.92 bits per heavy atom. The average Bonchev–Trinajstić information content (AvgIpc) is 2.09. The highest BCUT2D eigenvalue weighted by Crippen LogP contribution is 1.88. The van der Waals surface area contributed by atoms with E-state index >= 15 is 0 Å². The molecule has 0 aromatic heterocycles. The Morgan fingerprint density at radius 3 is 2.33 bits per heavy atom. The predicted molar refractivity (Wildman–Crippen MR) is 57.9 cm³/mol. The van der Waals surface area contributed by atoms with Crippen molar-refractivity contribution in [3.05, 3.63) is 36.1 Å². The molecule has 0 saturated carbocycles. The highest BCUT2D eigenvalue weighted by atomic mass is 14.5. The smallest absolute Gasteiger partial charge is 0.0310 e. The van der Waals surface area contributed by atoms with Gasteiger partial charge in [-0.3, -0.25) is 0 Å². The first-order chi connectivity index (χ1) is 5.81. The third kappa shape index (κ3) is 11.8. The summed E-state index contributed by atoms with van der Waals surface area (Å²) in [5.41, 5.74) is 6.35. The Labute approximate surface area is 76.7 Å². The Kier molecular flexibility index (Phi) is 14.4. The van der Waals surface area contributed by atoms with Crippen molar-refractivity contribution in [3.8, 4) is 0 Å². The minimum atomic E-state index is 0.798. The molecule has 12 heavy (non-hydrogen) atoms. The Balaban J connectivity index is 0. The van der Waals surface area contributed by atoms with Crippen LogP contribution in [0.4, 0.5) is 0 Å². The lowest BCUT2D eigenvalue weighted by atomic mass is 10.3. The fourth-order valence-electron chi connectivity index (χ4n) is 0.563. The van der Waals surface area contributed by atoms with Crippen LogP contribution in [0, 0.1) is 0 Å². The highest BCUT2D eigenvalue weighted by Gasteiger charge is 1.74. The molecule has 2 N–H and O–H groups in total. The molecule has 1 nitrogen and oxygen atoms in total. The van der Waals surface area contributed by atoms with Gasteiger partial charge in [-0.05, 0) is 25.5 Å². The number of allylic oxidation sites excluding steroid dienone is 5. The second kappa shape index (κ2) is 12.7. The van der Waals surface area contributed by atoms with E-state index in [2.05, 4.69) is 13.0 Å². The maximum atomic E-state index is 5.55. The summed E-state index contributed by atoms with van der Waals surface area (Å²) >= 11 is 0. The first-order valence-corrected chi connectivity index (χ1v) is 4.56. The minimum absolute atomic E-state index is 0.798. The van der Waals surface area contributed by atoms with Crippen LogP contribution in [0.2, 0.25) is 0 Å². The lowest BCUT2D eigenvalue weighted by molar-refractivity contribution is 1.22. The van der Waals surface area contributed by atoms with Gasteiger partial charge >= 0.3 is 0 Å². The third-order valence-electron chi connectivity index (χ3n) is 1.02. The van der Waals surface area contributed by atoms with Gasteiger partial charge in [0.05, 0.1) is 0 Å². The summed E-state index contributed by atoms with van der Waals surface area (Å²) in [7, 11) is 0. The van der Waals surface area contributed by atoms with Crippen LogP contribution in [0.5, 0.6) is 0 Å². The molecule has 1 heteroatoms. The van der Waals surface area contributed by atoms with E-state index in [1.807, 2.05) is 45.1 Å². The standard InChI is InChI=1S/C9H15N.C2H6/c1-3-5-6-8-9(10)7-4-2;1-2/h4-8H,3,10H2,1-2H3;1-2H3/b6-5-,7-4-,9-8+;. The van der Waals surface area contributed by atoms with Crippen LogP contribution < -0.4 is 5.73 Å². The van der Waals surface area contributed by atoms with Crippen molar-refractivity contribution in [2.45, 2.75) is 34.1 Å². The van der Waals surface area contributed by atoms with Gasteiger partial charge in [0.25, 0.3) is 0 Å². The largest absolute Gasteiger partial charge is 0.399 e. The van der Waals surface area contributed by atoms with Crippen LogP contribution >= 0.6 is 0 Å². The van der Waals surface area contributed by atoms with Gasteiger partial charge in [0, 0.05) is 5.70 Å². The maximum absolute atomic E-state index is 5.55. The highest BCUT2D eigenvalue weighted by molar-refractivity contribution is 5.19. The molecule has 0 rings (SSSR count). The van der Waals surface area contributed by atoms with E-state index in [4.69, 9.17) is 5.73 Å². The summed E-state index contributed by atoms with van der Waals surface area (Å²) < 4.78 is 0. The molecular weight excluding hydrogens is 146 g/mol. The van der Waals surface area contributed by atoms with Gasteiger partial charge in [-0.1, -0.05) is 39.0 Å². The van der Waals surface area contributed by atoms with E-state index in [9.17, 15) is 0 Å². The summed E-state index contributed by atoms with van der Waals surface area (Å²) in [4.78, 5) is 0. The molecule has 0 spiro atoms. The average molecular weight is 167 g/mol. The second-order valence-electron chi connectivity index (χ2n) is 2.00. The molecule has 0 aliphatic heterocycles. The van der Waals surface area contributed by atoms with Crippen molar-refractivity contribution >= 4 is 0 Å². The summed E-state index contributed by atoms with van der Waals surface area (Å²) in [6.07, 6.45) is 10.8. The van der Waals surface area contributed by atoms with Gasteiger partial charge in [0.15, 0.2) is 0 Å². The van der Waals surface area contributed by atoms with Crippen LogP contribution in [-0.4, -0.2) is 0 Å². The molecule has 0 atom stereocenters. The summed E-state index contributed by atoms with van der Waals surface area (Å²) in [5.74, 6) is 0. The topological polar surface area (TPSA) is 26.0 Å². The van der Waals surface area contributed by atoms with Crippen LogP contribution in [0.1, 0.15) is 34.1 Å². The first kappa shape index (κ1) is 13.6. The number of hydrogen-bond acceptors (Lipinski definition) is 1. The van der Waals surface area contributed by atoms with Gasteiger partial charge in [0.2, 0.25) is 0 Å². The first-order valence-electron chi connectivity index (χ1n) is 4.56. The predicted octanol–water partition coefficient (Wildman–Crippen LogP) is 3.40. The van der Waals surface area contributed by atoms with Crippen LogP contribution in [0.25, 0.3) is 0 Å². The number of rotatable bonds is 3. The molecular formula is C11H21N. The minimum Gasteiger partial charge on any atom is -0.399 e. The van der Waals surface area contributed by atoms with Crippen molar-refractivity contribution in [1.29, 1.82) is 0 Å². The molecule has 0 amide bonds. The normalized spacial score (nSPS) is 11.8. The molecule has 0 fully saturated rings. The molecule has 0 aromatic rings. The third-order valence-corrected chi connectivity index (χ3v) is 1.02. The molecule has 0 bridgehead atoms. The van der Waals surface area contributed by atoms with Crippen molar-refractivity contribution in [1.82, 2.24) is 0 Å². The molecule has 0 aliphatic rings. The monoisotopic (exact) mass is 167 g/mol. The molecule has 0 aliphatic carbocycles. The van der Waals surface area contributed by atoms with Gasteiger partial charge in [0.1, 0.15) is 0 Å². The summed E-state index contributed by atoms with van der Waals surface area (Å²) in [6.45, 7) is 8.04. The van der Waals surface area contributed by atoms with E-state index in [1.54, 1.807) is 0 Å². The van der Waals surface area contributed by atoms with Crippen molar-refractivity contribution in [3.63, 3.8) is 0 Å². The van der Waals surface area contributed by atoms with E-state index in [0.29, 0.717) is 0 Å². The van der Waals surface area contributed by atoms with Crippen molar-refractivity contribution < 1.29 is 0 Å². The fraction of sp³-hybridized carbons (Fsp3) is 0.455. The molecule has 0 saturated heterocycles. The quantitative estimate of drug-likeness (QED) is 0.640. The Hall–Kier alpha value is -0.980. The van der Waals surface area contributed by atoms with Crippen molar-refractivity contribution in [2.24, 2.45) is 5.73 Å². The van der Waals surface area contributed by atoms with E-state index < -0.39 is 0 Å². The SMILES string of the molecule is CC.C\C=C/C(N)=C\C=C/CC. The molecule has 0 heterocycles. The van der Waals surface area contributed by atoms with Crippen molar-refractivity contribution in [2.75, 3.05) is 0 Å². The molecule has 0 unspecified atom stereocenters. The fourth-order valence-corrected chi connectivity index (χ4v) is 0.563. The second-order valence-corrected chi connectivity index (χ2v) is 2.00. The Bertz CT molecular complexity index is 152. The zero-order chi connectivity index (χ0) is 9.82. The molecule has 0 radical (unpaired) electrons. The van der Waals surface area contributed by atoms with E-state index in [-0.39, 0.29) is 0 Å². The van der Waals surface area contributed by atoms with Crippen LogP contribution in [-0.2, 0) is 0 Å².